The van der Waals surface area contributed by atoms with E-state index in [2.05, 4.69) is 10.6 Å². The van der Waals surface area contributed by atoms with Crippen LogP contribution < -0.4 is 20.3 Å². The van der Waals surface area contributed by atoms with Gasteiger partial charge in [0.25, 0.3) is 17.7 Å². The van der Waals surface area contributed by atoms with Gasteiger partial charge in [-0.25, -0.2) is 4.90 Å². The van der Waals surface area contributed by atoms with Gasteiger partial charge >= 0.3 is 0 Å². The second-order valence-corrected chi connectivity index (χ2v) is 8.29. The molecule has 0 atom stereocenters. The zero-order valence-corrected chi connectivity index (χ0v) is 19.7. The largest absolute Gasteiger partial charge is 0.495 e. The Morgan fingerprint density at radius 2 is 1.65 bits per heavy atom. The van der Waals surface area contributed by atoms with Crippen LogP contribution in [0.2, 0.25) is 5.02 Å². The van der Waals surface area contributed by atoms with Crippen molar-refractivity contribution in [2.45, 2.75) is 6.92 Å². The molecule has 3 aromatic rings. The number of imide groups is 1. The van der Waals surface area contributed by atoms with E-state index in [0.29, 0.717) is 22.0 Å². The van der Waals surface area contributed by atoms with Gasteiger partial charge in [0.15, 0.2) is 0 Å². The summed E-state index contributed by atoms with van der Waals surface area (Å²) in [4.78, 5) is 39.5. The molecule has 172 valence electrons. The van der Waals surface area contributed by atoms with Gasteiger partial charge in [0.05, 0.1) is 12.8 Å². The van der Waals surface area contributed by atoms with Crippen LogP contribution in [0.1, 0.15) is 15.9 Å². The molecule has 0 aliphatic carbocycles. The Bertz CT molecular complexity index is 1350. The van der Waals surface area contributed by atoms with Gasteiger partial charge in [0.2, 0.25) is 0 Å². The number of benzene rings is 3. The number of halogens is 2. The number of amides is 3. The van der Waals surface area contributed by atoms with Crippen LogP contribution >= 0.6 is 23.2 Å². The van der Waals surface area contributed by atoms with E-state index >= 15 is 0 Å². The quantitative estimate of drug-likeness (QED) is 0.450. The Balaban J connectivity index is 1.57. The fraction of sp³-hybridized carbons (Fsp3) is 0.0800. The minimum Gasteiger partial charge on any atom is -0.495 e. The van der Waals surface area contributed by atoms with E-state index < -0.39 is 11.8 Å². The Hall–Kier alpha value is -3.81. The molecule has 1 aliphatic rings. The van der Waals surface area contributed by atoms with E-state index in [-0.39, 0.29) is 28.1 Å². The molecule has 9 heteroatoms. The standard InChI is InChI=1S/C25H19Cl2N3O4/c1-14-5-3-7-17(11-14)29-23(31)15-6-4-8-18(12-15)28-22-21(27)24(32)30(25(22)33)19-13-16(26)9-10-20(19)34-2/h3-13,28H,1-2H3,(H,29,31). The number of anilines is 3. The Morgan fingerprint density at radius 3 is 2.38 bits per heavy atom. The number of rotatable bonds is 6. The maximum absolute atomic E-state index is 13.1. The number of nitrogens with one attached hydrogen (secondary N) is 2. The Morgan fingerprint density at radius 1 is 0.912 bits per heavy atom. The molecule has 7 nitrogen and oxygen atoms in total. The fourth-order valence-electron chi connectivity index (χ4n) is 3.48. The van der Waals surface area contributed by atoms with Crippen molar-refractivity contribution in [3.8, 4) is 5.75 Å². The van der Waals surface area contributed by atoms with Crippen LogP contribution in [0, 0.1) is 6.92 Å². The Kier molecular flexibility index (Phi) is 6.58. The van der Waals surface area contributed by atoms with Crippen LogP contribution in [-0.2, 0) is 9.59 Å². The zero-order chi connectivity index (χ0) is 24.4. The number of nitrogens with zero attached hydrogens (tertiary/aromatic N) is 1. The van der Waals surface area contributed by atoms with E-state index in [0.717, 1.165) is 10.5 Å². The minimum absolute atomic E-state index is 0.120. The molecule has 3 aromatic carbocycles. The first-order chi connectivity index (χ1) is 16.3. The molecule has 0 unspecified atom stereocenters. The van der Waals surface area contributed by atoms with Crippen LogP contribution in [0.5, 0.6) is 5.75 Å². The molecule has 0 fully saturated rings. The SMILES string of the molecule is COc1ccc(Cl)cc1N1C(=O)C(Cl)=C(Nc2cccc(C(=O)Nc3cccc(C)c3)c2)C1=O. The summed E-state index contributed by atoms with van der Waals surface area (Å²) in [6.45, 7) is 1.93. The number of hydrogen-bond donors (Lipinski definition) is 2. The lowest BCUT2D eigenvalue weighted by Crippen LogP contribution is -2.32. The highest BCUT2D eigenvalue weighted by Crippen LogP contribution is 2.37. The van der Waals surface area contributed by atoms with Gasteiger partial charge < -0.3 is 15.4 Å². The topological polar surface area (TPSA) is 87.7 Å². The maximum atomic E-state index is 13.1. The summed E-state index contributed by atoms with van der Waals surface area (Å²) in [6.07, 6.45) is 0. The van der Waals surface area contributed by atoms with Crippen LogP contribution in [0.25, 0.3) is 0 Å². The zero-order valence-electron chi connectivity index (χ0n) is 18.2. The third kappa shape index (κ3) is 4.62. The molecule has 0 spiro atoms. The number of methoxy groups -OCH3 is 1. The molecule has 0 aromatic heterocycles. The lowest BCUT2D eigenvalue weighted by Gasteiger charge is -2.18. The van der Waals surface area contributed by atoms with Crippen molar-refractivity contribution in [1.82, 2.24) is 0 Å². The van der Waals surface area contributed by atoms with E-state index in [1.807, 2.05) is 25.1 Å². The van der Waals surface area contributed by atoms with Crippen molar-refractivity contribution in [3.05, 3.63) is 93.6 Å². The lowest BCUT2D eigenvalue weighted by molar-refractivity contribution is -0.120. The average Bonchev–Trinajstić information content (AvgIpc) is 3.02. The van der Waals surface area contributed by atoms with Gasteiger partial charge in [-0.2, -0.15) is 0 Å². The lowest BCUT2D eigenvalue weighted by atomic mass is 10.1. The molecule has 34 heavy (non-hydrogen) atoms. The van der Waals surface area contributed by atoms with Crippen molar-refractivity contribution in [2.75, 3.05) is 22.6 Å². The summed E-state index contributed by atoms with van der Waals surface area (Å²) in [5.41, 5.74) is 2.49. The highest BCUT2D eigenvalue weighted by Gasteiger charge is 2.40. The molecule has 3 amide bonds. The summed E-state index contributed by atoms with van der Waals surface area (Å²) in [7, 11) is 1.42. The third-order valence-electron chi connectivity index (χ3n) is 5.08. The fourth-order valence-corrected chi connectivity index (χ4v) is 3.86. The summed E-state index contributed by atoms with van der Waals surface area (Å²) >= 11 is 12.3. The summed E-state index contributed by atoms with van der Waals surface area (Å²) in [6, 6.07) is 18.5. The average molecular weight is 496 g/mol. The number of hydrogen-bond acceptors (Lipinski definition) is 5. The molecule has 1 heterocycles. The van der Waals surface area contributed by atoms with Crippen LogP contribution in [0.3, 0.4) is 0 Å². The first-order valence-electron chi connectivity index (χ1n) is 10.2. The second-order valence-electron chi connectivity index (χ2n) is 7.48. The number of ether oxygens (including phenoxy) is 1. The third-order valence-corrected chi connectivity index (χ3v) is 5.66. The molecule has 2 N–H and O–H groups in total. The minimum atomic E-state index is -0.719. The van der Waals surface area contributed by atoms with E-state index in [1.54, 1.807) is 42.5 Å². The monoisotopic (exact) mass is 495 g/mol. The molecule has 0 saturated carbocycles. The predicted molar refractivity (Wildman–Crippen MR) is 133 cm³/mol. The summed E-state index contributed by atoms with van der Waals surface area (Å²) in [5.74, 6) is -1.44. The molecular formula is C25H19Cl2N3O4. The van der Waals surface area contributed by atoms with E-state index in [1.165, 1.54) is 13.2 Å². The molecule has 0 radical (unpaired) electrons. The van der Waals surface area contributed by atoms with Gasteiger partial charge in [-0.05, 0) is 61.0 Å². The van der Waals surface area contributed by atoms with Crippen LogP contribution in [0.15, 0.2) is 77.5 Å². The van der Waals surface area contributed by atoms with E-state index in [9.17, 15) is 14.4 Å². The molecule has 4 rings (SSSR count). The van der Waals surface area contributed by atoms with Crippen LogP contribution in [0.4, 0.5) is 17.1 Å². The molecule has 0 saturated heterocycles. The van der Waals surface area contributed by atoms with Gasteiger partial charge in [-0.15, -0.1) is 0 Å². The highest BCUT2D eigenvalue weighted by atomic mass is 35.5. The predicted octanol–water partition coefficient (Wildman–Crippen LogP) is 5.35. The smallest absolute Gasteiger partial charge is 0.283 e. The summed E-state index contributed by atoms with van der Waals surface area (Å²) < 4.78 is 5.27. The number of carbonyl (C=O) groups is 3. The number of aryl methyl sites for hydroxylation is 1. The maximum Gasteiger partial charge on any atom is 0.283 e. The normalized spacial score (nSPS) is 13.4. The van der Waals surface area contributed by atoms with Crippen LogP contribution in [-0.4, -0.2) is 24.8 Å². The van der Waals surface area contributed by atoms with Crippen molar-refractivity contribution >= 4 is 58.0 Å². The van der Waals surface area contributed by atoms with Crippen molar-refractivity contribution < 1.29 is 19.1 Å². The van der Waals surface area contributed by atoms with Crippen molar-refractivity contribution in [3.63, 3.8) is 0 Å². The van der Waals surface area contributed by atoms with Gasteiger partial charge in [-0.3, -0.25) is 14.4 Å². The van der Waals surface area contributed by atoms with Gasteiger partial charge in [0.1, 0.15) is 16.5 Å². The number of carbonyl (C=O) groups excluding carboxylic acids is 3. The molecular weight excluding hydrogens is 477 g/mol. The molecule has 1 aliphatic heterocycles. The van der Waals surface area contributed by atoms with Gasteiger partial charge in [-0.1, -0.05) is 41.4 Å². The second kappa shape index (κ2) is 9.59. The summed E-state index contributed by atoms with van der Waals surface area (Å²) in [5, 5.41) is 5.73. The molecule has 0 bridgehead atoms. The first kappa shape index (κ1) is 23.4. The Labute approximate surface area is 205 Å². The first-order valence-corrected chi connectivity index (χ1v) is 10.9. The highest BCUT2D eigenvalue weighted by molar-refractivity contribution is 6.53. The van der Waals surface area contributed by atoms with Crippen molar-refractivity contribution in [2.24, 2.45) is 0 Å². The van der Waals surface area contributed by atoms with E-state index in [4.69, 9.17) is 27.9 Å². The van der Waals surface area contributed by atoms with Gasteiger partial charge in [0, 0.05) is 22.0 Å². The van der Waals surface area contributed by atoms with Crippen molar-refractivity contribution in [1.29, 1.82) is 0 Å².